The number of hydrogen-bond donors (Lipinski definition) is 0. The summed E-state index contributed by atoms with van der Waals surface area (Å²) in [4.78, 5) is 23.1. The molecule has 0 aliphatic heterocycles. The summed E-state index contributed by atoms with van der Waals surface area (Å²) in [6.45, 7) is 3.01. The van der Waals surface area contributed by atoms with Crippen molar-refractivity contribution < 1.29 is 45.6 Å². The summed E-state index contributed by atoms with van der Waals surface area (Å²) in [6, 6.07) is 2.54. The van der Waals surface area contributed by atoms with Gasteiger partial charge in [-0.3, -0.25) is 0 Å². The number of carbonyl (C=O) groups excluding carboxylic acids is 2. The Morgan fingerprint density at radius 2 is 1.71 bits per heavy atom. The van der Waals surface area contributed by atoms with Crippen LogP contribution in [0.25, 0.3) is 0 Å². The van der Waals surface area contributed by atoms with Crippen LogP contribution in [0.15, 0.2) is 24.3 Å². The van der Waals surface area contributed by atoms with E-state index in [-0.39, 0.29) is 24.4 Å². The number of carbonyl (C=O) groups is 2. The zero-order valence-corrected chi connectivity index (χ0v) is 19.3. The van der Waals surface area contributed by atoms with Crippen LogP contribution in [0.5, 0.6) is 5.75 Å². The Balaban J connectivity index is 2.76. The van der Waals surface area contributed by atoms with E-state index in [4.69, 9.17) is 9.47 Å². The fourth-order valence-electron chi connectivity index (χ4n) is 1.52. The summed E-state index contributed by atoms with van der Waals surface area (Å²) in [6.07, 6.45) is 0. The maximum absolute atomic E-state index is 13.1. The molecule has 8 nitrogen and oxygen atoms in total. The SMILES string of the molecule is C=C(C)C(=O)OCCOc1c(I)cc(C(=O)OCC(F)(F)S(=O)(=O)[O-])cc1I. The van der Waals surface area contributed by atoms with E-state index in [9.17, 15) is 31.3 Å². The molecule has 0 spiro atoms. The van der Waals surface area contributed by atoms with Gasteiger partial charge < -0.3 is 18.8 Å². The van der Waals surface area contributed by atoms with Gasteiger partial charge in [0, 0.05) is 5.57 Å². The van der Waals surface area contributed by atoms with Crippen molar-refractivity contribution in [1.82, 2.24) is 0 Å². The fraction of sp³-hybridized carbons (Fsp3) is 0.333. The predicted octanol–water partition coefficient (Wildman–Crippen LogP) is 2.69. The molecular formula is C15H13F2I2O8S-. The predicted molar refractivity (Wildman–Crippen MR) is 108 cm³/mol. The number of hydrogen-bond acceptors (Lipinski definition) is 8. The topological polar surface area (TPSA) is 119 Å². The molecule has 0 aliphatic carbocycles. The van der Waals surface area contributed by atoms with Gasteiger partial charge in [0.25, 0.3) is 0 Å². The Hall–Kier alpha value is -1.07. The van der Waals surface area contributed by atoms with Crippen molar-refractivity contribution in [2.24, 2.45) is 0 Å². The van der Waals surface area contributed by atoms with E-state index in [1.54, 1.807) is 0 Å². The summed E-state index contributed by atoms with van der Waals surface area (Å²) in [5.41, 5.74) is 0.0938. The normalized spacial score (nSPS) is 11.6. The van der Waals surface area contributed by atoms with Gasteiger partial charge in [-0.15, -0.1) is 0 Å². The second kappa shape index (κ2) is 10.1. The molecule has 1 aromatic rings. The third kappa shape index (κ3) is 7.07. The van der Waals surface area contributed by atoms with Crippen LogP contribution in [0.2, 0.25) is 0 Å². The monoisotopic (exact) mass is 645 g/mol. The number of rotatable bonds is 9. The molecule has 28 heavy (non-hydrogen) atoms. The van der Waals surface area contributed by atoms with E-state index < -0.39 is 33.9 Å². The third-order valence-corrected chi connectivity index (χ3v) is 5.33. The van der Waals surface area contributed by atoms with Crippen LogP contribution in [-0.2, 0) is 24.4 Å². The second-order valence-electron chi connectivity index (χ2n) is 5.20. The van der Waals surface area contributed by atoms with E-state index in [1.807, 2.05) is 45.2 Å². The molecule has 0 saturated heterocycles. The lowest BCUT2D eigenvalue weighted by Gasteiger charge is -2.19. The average Bonchev–Trinajstić information content (AvgIpc) is 2.56. The molecule has 1 rings (SSSR count). The van der Waals surface area contributed by atoms with Crippen LogP contribution < -0.4 is 4.74 Å². The van der Waals surface area contributed by atoms with Gasteiger partial charge in [-0.1, -0.05) is 6.58 Å². The molecule has 0 bridgehead atoms. The van der Waals surface area contributed by atoms with Crippen LogP contribution in [0.4, 0.5) is 8.78 Å². The molecule has 0 amide bonds. The Bertz CT molecular complexity index is 863. The Labute approximate surface area is 186 Å². The van der Waals surface area contributed by atoms with E-state index in [0.29, 0.717) is 12.9 Å². The quantitative estimate of drug-likeness (QED) is 0.132. The highest BCUT2D eigenvalue weighted by molar-refractivity contribution is 14.1. The van der Waals surface area contributed by atoms with E-state index in [0.717, 1.165) is 0 Å². The van der Waals surface area contributed by atoms with Gasteiger partial charge in [0.2, 0.25) is 0 Å². The smallest absolute Gasteiger partial charge is 0.367 e. The minimum atomic E-state index is -5.95. The minimum absolute atomic E-state index is 0.0163. The molecule has 13 heteroatoms. The van der Waals surface area contributed by atoms with Gasteiger partial charge in [0.05, 0.1) is 12.7 Å². The molecular weight excluding hydrogens is 632 g/mol. The standard InChI is InChI=1S/C15H14F2I2O8S/c1-8(2)13(20)26-4-3-25-12-10(18)5-9(6-11(12)19)14(21)27-7-15(16,17)28(22,23)24/h5-6H,1,3-4,7H2,2H3,(H,22,23,24)/p-1. The number of benzene rings is 1. The van der Waals surface area contributed by atoms with E-state index in [1.165, 1.54) is 19.1 Å². The van der Waals surface area contributed by atoms with Gasteiger partial charge in [-0.05, 0) is 64.2 Å². The summed E-state index contributed by atoms with van der Waals surface area (Å²) >= 11 is 3.65. The van der Waals surface area contributed by atoms with Crippen molar-refractivity contribution >= 4 is 67.2 Å². The summed E-state index contributed by atoms with van der Waals surface area (Å²) in [5, 5.41) is -4.73. The Kier molecular flexibility index (Phi) is 9.01. The number of halogens is 4. The fourth-order valence-corrected chi connectivity index (χ4v) is 3.80. The van der Waals surface area contributed by atoms with Gasteiger partial charge in [0.1, 0.15) is 19.0 Å². The largest absolute Gasteiger partial charge is 0.743 e. The van der Waals surface area contributed by atoms with Crippen LogP contribution in [-0.4, -0.2) is 50.0 Å². The van der Waals surface area contributed by atoms with Gasteiger partial charge in [-0.25, -0.2) is 18.0 Å². The molecule has 0 aliphatic rings. The van der Waals surface area contributed by atoms with Crippen LogP contribution in [0.3, 0.4) is 0 Å². The van der Waals surface area contributed by atoms with E-state index >= 15 is 0 Å². The van der Waals surface area contributed by atoms with Gasteiger partial charge in [0.15, 0.2) is 16.7 Å². The summed E-state index contributed by atoms with van der Waals surface area (Å²) in [5.74, 6) is -1.44. The molecule has 0 saturated carbocycles. The zero-order valence-electron chi connectivity index (χ0n) is 14.2. The van der Waals surface area contributed by atoms with Crippen molar-refractivity contribution in [3.63, 3.8) is 0 Å². The highest BCUT2D eigenvalue weighted by Crippen LogP contribution is 2.29. The summed E-state index contributed by atoms with van der Waals surface area (Å²) in [7, 11) is -5.95. The molecule has 0 radical (unpaired) electrons. The second-order valence-corrected chi connectivity index (χ2v) is 9.03. The number of ether oxygens (including phenoxy) is 3. The highest BCUT2D eigenvalue weighted by Gasteiger charge is 2.39. The first-order valence-corrected chi connectivity index (χ1v) is 10.8. The van der Waals surface area contributed by atoms with Crippen molar-refractivity contribution in [1.29, 1.82) is 0 Å². The van der Waals surface area contributed by atoms with Crippen molar-refractivity contribution in [2.75, 3.05) is 19.8 Å². The lowest BCUT2D eigenvalue weighted by Crippen LogP contribution is -2.34. The van der Waals surface area contributed by atoms with Crippen LogP contribution in [0.1, 0.15) is 17.3 Å². The molecule has 0 aromatic heterocycles. The number of esters is 2. The lowest BCUT2D eigenvalue weighted by atomic mass is 10.2. The Morgan fingerprint density at radius 3 is 2.18 bits per heavy atom. The molecule has 0 unspecified atom stereocenters. The van der Waals surface area contributed by atoms with Gasteiger partial charge >= 0.3 is 17.2 Å². The van der Waals surface area contributed by atoms with Gasteiger partial charge in [-0.2, -0.15) is 8.78 Å². The maximum Gasteiger partial charge on any atom is 0.367 e. The molecule has 1 aromatic carbocycles. The first-order valence-electron chi connectivity index (χ1n) is 7.21. The minimum Gasteiger partial charge on any atom is -0.743 e. The number of alkyl halides is 2. The van der Waals surface area contributed by atoms with Crippen molar-refractivity contribution in [2.45, 2.75) is 12.2 Å². The maximum atomic E-state index is 13.1. The molecule has 156 valence electrons. The zero-order chi connectivity index (χ0) is 21.7. The van der Waals surface area contributed by atoms with Crippen LogP contribution in [0, 0.1) is 7.14 Å². The van der Waals surface area contributed by atoms with Crippen molar-refractivity contribution in [3.8, 4) is 5.75 Å². The molecule has 0 N–H and O–H groups in total. The average molecular weight is 645 g/mol. The first kappa shape index (κ1) is 25.0. The third-order valence-electron chi connectivity index (χ3n) is 2.88. The molecule has 0 heterocycles. The van der Waals surface area contributed by atoms with E-state index in [2.05, 4.69) is 11.3 Å². The Morgan fingerprint density at radius 1 is 1.18 bits per heavy atom. The highest BCUT2D eigenvalue weighted by atomic mass is 127. The lowest BCUT2D eigenvalue weighted by molar-refractivity contribution is -0.139. The van der Waals surface area contributed by atoms with Crippen LogP contribution >= 0.6 is 45.2 Å². The first-order chi connectivity index (χ1) is 12.8. The summed E-state index contributed by atoms with van der Waals surface area (Å²) < 4.78 is 72.8. The molecule has 0 atom stereocenters. The molecule has 0 fully saturated rings. The van der Waals surface area contributed by atoms with Crippen molar-refractivity contribution in [3.05, 3.63) is 37.0 Å².